The molecule has 26 heavy (non-hydrogen) atoms. The minimum absolute atomic E-state index is 0.173. The largest absolute Gasteiger partial charge is 0.490 e. The number of ether oxygens (including phenoxy) is 2. The van der Waals surface area contributed by atoms with E-state index in [1.807, 2.05) is 19.9 Å². The molecule has 0 bridgehead atoms. The SMILES string of the molecule is CCOc1cc(CCNS(=O)(=O)c2ccc(N)cc2)cc(Cl)c1OCC. The van der Waals surface area contributed by atoms with Crippen LogP contribution in [0, 0.1) is 0 Å². The second kappa shape index (κ2) is 9.12. The third-order valence-corrected chi connectivity index (χ3v) is 5.31. The monoisotopic (exact) mass is 398 g/mol. The molecule has 0 spiro atoms. The van der Waals surface area contributed by atoms with Crippen molar-refractivity contribution in [1.82, 2.24) is 4.72 Å². The van der Waals surface area contributed by atoms with Gasteiger partial charge in [0.25, 0.3) is 0 Å². The zero-order valence-corrected chi connectivity index (χ0v) is 16.4. The van der Waals surface area contributed by atoms with Crippen LogP contribution in [0.4, 0.5) is 5.69 Å². The van der Waals surface area contributed by atoms with Crippen LogP contribution in [0.1, 0.15) is 19.4 Å². The summed E-state index contributed by atoms with van der Waals surface area (Å²) >= 11 is 6.27. The number of hydrogen-bond donors (Lipinski definition) is 2. The molecule has 0 amide bonds. The summed E-state index contributed by atoms with van der Waals surface area (Å²) in [4.78, 5) is 0.173. The van der Waals surface area contributed by atoms with E-state index in [9.17, 15) is 8.42 Å². The third-order valence-electron chi connectivity index (χ3n) is 3.55. The van der Waals surface area contributed by atoms with Crippen molar-refractivity contribution in [3.8, 4) is 11.5 Å². The Morgan fingerprint density at radius 1 is 1.08 bits per heavy atom. The highest BCUT2D eigenvalue weighted by molar-refractivity contribution is 7.89. The van der Waals surface area contributed by atoms with Gasteiger partial charge < -0.3 is 15.2 Å². The lowest BCUT2D eigenvalue weighted by molar-refractivity contribution is 0.287. The van der Waals surface area contributed by atoms with E-state index < -0.39 is 10.0 Å². The maximum Gasteiger partial charge on any atom is 0.240 e. The van der Waals surface area contributed by atoms with Crippen LogP contribution in [0.3, 0.4) is 0 Å². The van der Waals surface area contributed by atoms with Crippen LogP contribution in [-0.4, -0.2) is 28.2 Å². The van der Waals surface area contributed by atoms with E-state index in [0.717, 1.165) is 5.56 Å². The number of hydrogen-bond acceptors (Lipinski definition) is 5. The molecule has 2 aromatic rings. The van der Waals surface area contributed by atoms with Gasteiger partial charge in [-0.1, -0.05) is 11.6 Å². The van der Waals surface area contributed by atoms with Crippen molar-refractivity contribution in [2.24, 2.45) is 0 Å². The molecule has 142 valence electrons. The zero-order valence-electron chi connectivity index (χ0n) is 14.8. The molecule has 8 heteroatoms. The van der Waals surface area contributed by atoms with Gasteiger partial charge in [-0.25, -0.2) is 13.1 Å². The molecule has 2 rings (SSSR count). The highest BCUT2D eigenvalue weighted by Crippen LogP contribution is 2.36. The lowest BCUT2D eigenvalue weighted by atomic mass is 10.1. The molecular formula is C18H23ClN2O4S. The fraction of sp³-hybridized carbons (Fsp3) is 0.333. The van der Waals surface area contributed by atoms with Gasteiger partial charge in [-0.2, -0.15) is 0 Å². The van der Waals surface area contributed by atoms with Crippen LogP contribution in [0.25, 0.3) is 0 Å². The molecule has 0 saturated carbocycles. The summed E-state index contributed by atoms with van der Waals surface area (Å²) in [6, 6.07) is 9.62. The number of benzene rings is 2. The molecule has 6 nitrogen and oxygen atoms in total. The minimum Gasteiger partial charge on any atom is -0.490 e. The number of nitrogens with one attached hydrogen (secondary N) is 1. The fourth-order valence-corrected chi connectivity index (χ4v) is 3.69. The highest BCUT2D eigenvalue weighted by atomic mass is 35.5. The molecule has 0 atom stereocenters. The Morgan fingerprint density at radius 2 is 1.73 bits per heavy atom. The lowest BCUT2D eigenvalue weighted by Gasteiger charge is -2.14. The summed E-state index contributed by atoms with van der Waals surface area (Å²) in [5.41, 5.74) is 6.94. The lowest BCUT2D eigenvalue weighted by Crippen LogP contribution is -2.26. The van der Waals surface area contributed by atoms with Crippen molar-refractivity contribution >= 4 is 27.3 Å². The van der Waals surface area contributed by atoms with Gasteiger partial charge in [0, 0.05) is 12.2 Å². The summed E-state index contributed by atoms with van der Waals surface area (Å²) in [5.74, 6) is 1.06. The predicted molar refractivity (Wildman–Crippen MR) is 104 cm³/mol. The number of nitrogens with two attached hydrogens (primary N) is 1. The molecule has 2 aromatic carbocycles. The molecule has 0 aliphatic carbocycles. The molecule has 0 radical (unpaired) electrons. The molecular weight excluding hydrogens is 376 g/mol. The van der Waals surface area contributed by atoms with Crippen molar-refractivity contribution < 1.29 is 17.9 Å². The molecule has 0 fully saturated rings. The first-order chi connectivity index (χ1) is 12.4. The summed E-state index contributed by atoms with van der Waals surface area (Å²) in [7, 11) is -3.59. The molecule has 3 N–H and O–H groups in total. The van der Waals surface area contributed by atoms with E-state index in [0.29, 0.717) is 41.8 Å². The Bertz CT molecular complexity index is 839. The van der Waals surface area contributed by atoms with E-state index in [2.05, 4.69) is 4.72 Å². The van der Waals surface area contributed by atoms with Crippen LogP contribution in [0.5, 0.6) is 11.5 Å². The average Bonchev–Trinajstić information content (AvgIpc) is 2.58. The standard InChI is InChI=1S/C18H23ClN2O4S/c1-3-24-17-12-13(11-16(19)18(17)25-4-2)9-10-21-26(22,23)15-7-5-14(20)6-8-15/h5-8,11-12,21H,3-4,9-10,20H2,1-2H3. The van der Waals surface area contributed by atoms with Crippen molar-refractivity contribution in [2.75, 3.05) is 25.5 Å². The highest BCUT2D eigenvalue weighted by Gasteiger charge is 2.15. The van der Waals surface area contributed by atoms with Crippen molar-refractivity contribution in [1.29, 1.82) is 0 Å². The van der Waals surface area contributed by atoms with Crippen LogP contribution in [0.15, 0.2) is 41.3 Å². The van der Waals surface area contributed by atoms with Gasteiger partial charge in [0.1, 0.15) is 0 Å². The van der Waals surface area contributed by atoms with Gasteiger partial charge in [0.2, 0.25) is 10.0 Å². The van der Waals surface area contributed by atoms with Gasteiger partial charge >= 0.3 is 0 Å². The van der Waals surface area contributed by atoms with E-state index in [4.69, 9.17) is 26.8 Å². The fourth-order valence-electron chi connectivity index (χ4n) is 2.37. The maximum atomic E-state index is 12.3. The molecule has 0 aromatic heterocycles. The van der Waals surface area contributed by atoms with Crippen LogP contribution < -0.4 is 19.9 Å². The van der Waals surface area contributed by atoms with Crippen molar-refractivity contribution in [3.63, 3.8) is 0 Å². The number of halogens is 1. The first kappa shape index (κ1) is 20.4. The smallest absolute Gasteiger partial charge is 0.240 e. The van der Waals surface area contributed by atoms with E-state index >= 15 is 0 Å². The van der Waals surface area contributed by atoms with E-state index in [1.165, 1.54) is 12.1 Å². The number of anilines is 1. The summed E-state index contributed by atoms with van der Waals surface area (Å²) in [5, 5.41) is 0.439. The summed E-state index contributed by atoms with van der Waals surface area (Å²) in [6.45, 7) is 4.91. The molecule has 0 saturated heterocycles. The molecule has 0 aliphatic heterocycles. The second-order valence-electron chi connectivity index (χ2n) is 5.49. The normalized spacial score (nSPS) is 11.3. The Morgan fingerprint density at radius 3 is 2.35 bits per heavy atom. The Hall–Kier alpha value is -1.96. The van der Waals surface area contributed by atoms with Crippen LogP contribution >= 0.6 is 11.6 Å². The number of rotatable bonds is 9. The van der Waals surface area contributed by atoms with Gasteiger partial charge in [-0.3, -0.25) is 0 Å². The maximum absolute atomic E-state index is 12.3. The second-order valence-corrected chi connectivity index (χ2v) is 7.66. The molecule has 0 heterocycles. The van der Waals surface area contributed by atoms with Crippen molar-refractivity contribution in [3.05, 3.63) is 47.0 Å². The third kappa shape index (κ3) is 5.27. The van der Waals surface area contributed by atoms with E-state index in [1.54, 1.807) is 18.2 Å². The van der Waals surface area contributed by atoms with Crippen molar-refractivity contribution in [2.45, 2.75) is 25.2 Å². The quantitative estimate of drug-likeness (QED) is 0.633. The summed E-state index contributed by atoms with van der Waals surface area (Å²) in [6.07, 6.45) is 0.459. The zero-order chi connectivity index (χ0) is 19.2. The molecule has 0 unspecified atom stereocenters. The number of sulfonamides is 1. The first-order valence-corrected chi connectivity index (χ1v) is 10.2. The summed E-state index contributed by atoms with van der Waals surface area (Å²) < 4.78 is 38.2. The predicted octanol–water partition coefficient (Wildman–Crippen LogP) is 3.24. The van der Waals surface area contributed by atoms with Gasteiger partial charge in [0.05, 0.1) is 23.1 Å². The van der Waals surface area contributed by atoms with Crippen LogP contribution in [0.2, 0.25) is 5.02 Å². The topological polar surface area (TPSA) is 90.7 Å². The van der Waals surface area contributed by atoms with Gasteiger partial charge in [0.15, 0.2) is 11.5 Å². The Kier molecular flexibility index (Phi) is 7.14. The molecule has 0 aliphatic rings. The van der Waals surface area contributed by atoms with Crippen LogP contribution in [-0.2, 0) is 16.4 Å². The minimum atomic E-state index is -3.59. The number of nitrogen functional groups attached to an aromatic ring is 1. The van der Waals surface area contributed by atoms with Gasteiger partial charge in [-0.15, -0.1) is 0 Å². The van der Waals surface area contributed by atoms with Gasteiger partial charge in [-0.05, 0) is 62.2 Å². The average molecular weight is 399 g/mol. The first-order valence-electron chi connectivity index (χ1n) is 8.30. The Labute approximate surface area is 159 Å². The van der Waals surface area contributed by atoms with E-state index in [-0.39, 0.29) is 11.4 Å². The Balaban J connectivity index is 2.08.